The number of rotatable bonds is 7. The summed E-state index contributed by atoms with van der Waals surface area (Å²) in [4.78, 5) is 10.9. The molecule has 3 nitrogen and oxygen atoms in total. The highest BCUT2D eigenvalue weighted by Crippen LogP contribution is 2.15. The molecule has 1 rings (SSSR count). The fraction of sp³-hybridized carbons (Fsp3) is 0.500. The molecule has 0 aliphatic carbocycles. The van der Waals surface area contributed by atoms with Crippen molar-refractivity contribution in [3.05, 3.63) is 35.9 Å². The summed E-state index contributed by atoms with van der Waals surface area (Å²) >= 11 is 0. The summed E-state index contributed by atoms with van der Waals surface area (Å²) in [6, 6.07) is 9.89. The number of hydrogen-bond donors (Lipinski definition) is 1. The van der Waals surface area contributed by atoms with Crippen LogP contribution in [0.15, 0.2) is 30.3 Å². The summed E-state index contributed by atoms with van der Waals surface area (Å²) in [6.45, 7) is 4.89. The van der Waals surface area contributed by atoms with Crippen LogP contribution in [0.25, 0.3) is 0 Å². The first-order valence-electron chi connectivity index (χ1n) is 5.95. The highest BCUT2D eigenvalue weighted by Gasteiger charge is 2.20. The molecule has 0 bridgehead atoms. The highest BCUT2D eigenvalue weighted by atomic mass is 16.5. The van der Waals surface area contributed by atoms with Gasteiger partial charge in [-0.1, -0.05) is 44.2 Å². The van der Waals surface area contributed by atoms with Crippen LogP contribution in [-0.2, 0) is 16.1 Å². The second-order valence-corrected chi connectivity index (χ2v) is 4.52. The Morgan fingerprint density at radius 3 is 2.47 bits per heavy atom. The standard InChI is InChI=1S/C14H20O3/c1-11(2)13(14(15)16)8-9-17-10-12-6-4-3-5-7-12/h3-7,11,13H,8-10H2,1-2H3,(H,15,16). The van der Waals surface area contributed by atoms with Crippen LogP contribution in [0.1, 0.15) is 25.8 Å². The molecule has 0 aliphatic heterocycles. The number of hydrogen-bond acceptors (Lipinski definition) is 2. The Morgan fingerprint density at radius 2 is 1.94 bits per heavy atom. The first-order valence-corrected chi connectivity index (χ1v) is 5.95. The van der Waals surface area contributed by atoms with Crippen LogP contribution in [0.4, 0.5) is 0 Å². The van der Waals surface area contributed by atoms with Gasteiger partial charge in [-0.25, -0.2) is 0 Å². The van der Waals surface area contributed by atoms with Crippen LogP contribution in [0.5, 0.6) is 0 Å². The lowest BCUT2D eigenvalue weighted by Crippen LogP contribution is -2.21. The zero-order chi connectivity index (χ0) is 12.7. The molecule has 0 heterocycles. The molecule has 17 heavy (non-hydrogen) atoms. The first-order chi connectivity index (χ1) is 8.11. The van der Waals surface area contributed by atoms with E-state index < -0.39 is 5.97 Å². The first kappa shape index (κ1) is 13.7. The summed E-state index contributed by atoms with van der Waals surface area (Å²) in [5.74, 6) is -0.901. The van der Waals surface area contributed by atoms with Gasteiger partial charge in [-0.3, -0.25) is 4.79 Å². The van der Waals surface area contributed by atoms with E-state index in [0.717, 1.165) is 5.56 Å². The molecular formula is C14H20O3. The van der Waals surface area contributed by atoms with Gasteiger partial charge >= 0.3 is 5.97 Å². The Balaban J connectivity index is 2.26. The zero-order valence-corrected chi connectivity index (χ0v) is 10.4. The molecule has 0 saturated heterocycles. The van der Waals surface area contributed by atoms with Crippen LogP contribution in [-0.4, -0.2) is 17.7 Å². The summed E-state index contributed by atoms with van der Waals surface area (Å²) in [7, 11) is 0. The number of benzene rings is 1. The fourth-order valence-corrected chi connectivity index (χ4v) is 1.72. The van der Waals surface area contributed by atoms with Gasteiger partial charge < -0.3 is 9.84 Å². The number of carboxylic acid groups (broad SMARTS) is 1. The Kier molecular flexibility index (Phi) is 5.70. The number of ether oxygens (including phenoxy) is 1. The molecule has 94 valence electrons. The lowest BCUT2D eigenvalue weighted by Gasteiger charge is -2.15. The Morgan fingerprint density at radius 1 is 1.29 bits per heavy atom. The average Bonchev–Trinajstić information content (AvgIpc) is 2.29. The van der Waals surface area contributed by atoms with E-state index in [0.29, 0.717) is 19.6 Å². The normalized spacial score (nSPS) is 12.6. The number of carboxylic acids is 1. The van der Waals surface area contributed by atoms with Gasteiger partial charge in [0.25, 0.3) is 0 Å². The van der Waals surface area contributed by atoms with Gasteiger partial charge in [0.15, 0.2) is 0 Å². The largest absolute Gasteiger partial charge is 0.481 e. The quantitative estimate of drug-likeness (QED) is 0.740. The predicted molar refractivity (Wildman–Crippen MR) is 66.7 cm³/mol. The maximum atomic E-state index is 10.9. The van der Waals surface area contributed by atoms with Gasteiger partial charge in [-0.15, -0.1) is 0 Å². The molecule has 1 aromatic carbocycles. The van der Waals surface area contributed by atoms with Crippen LogP contribution >= 0.6 is 0 Å². The van der Waals surface area contributed by atoms with Crippen LogP contribution in [0.3, 0.4) is 0 Å². The van der Waals surface area contributed by atoms with Gasteiger partial charge in [0.1, 0.15) is 0 Å². The van der Waals surface area contributed by atoms with E-state index in [-0.39, 0.29) is 11.8 Å². The third-order valence-electron chi connectivity index (χ3n) is 2.81. The average molecular weight is 236 g/mol. The minimum Gasteiger partial charge on any atom is -0.481 e. The lowest BCUT2D eigenvalue weighted by atomic mass is 9.93. The second kappa shape index (κ2) is 7.07. The minimum absolute atomic E-state index is 0.146. The molecule has 0 aliphatic rings. The van der Waals surface area contributed by atoms with Crippen LogP contribution < -0.4 is 0 Å². The molecule has 0 spiro atoms. The van der Waals surface area contributed by atoms with E-state index in [1.807, 2.05) is 44.2 Å². The van der Waals surface area contributed by atoms with E-state index in [2.05, 4.69) is 0 Å². The minimum atomic E-state index is -0.733. The van der Waals surface area contributed by atoms with Crippen LogP contribution in [0.2, 0.25) is 0 Å². The smallest absolute Gasteiger partial charge is 0.306 e. The number of carbonyl (C=O) groups is 1. The summed E-state index contributed by atoms with van der Waals surface area (Å²) in [6.07, 6.45) is 0.569. The van der Waals surface area contributed by atoms with Crippen molar-refractivity contribution < 1.29 is 14.6 Å². The molecule has 0 radical (unpaired) electrons. The van der Waals surface area contributed by atoms with E-state index in [1.54, 1.807) is 0 Å². The third kappa shape index (κ3) is 5.00. The molecule has 0 saturated carbocycles. The topological polar surface area (TPSA) is 46.5 Å². The maximum Gasteiger partial charge on any atom is 0.306 e. The molecule has 0 aromatic heterocycles. The van der Waals surface area contributed by atoms with E-state index in [4.69, 9.17) is 9.84 Å². The molecule has 0 fully saturated rings. The lowest BCUT2D eigenvalue weighted by molar-refractivity contribution is -0.144. The summed E-state index contributed by atoms with van der Waals surface area (Å²) < 4.78 is 5.49. The van der Waals surface area contributed by atoms with Crippen molar-refractivity contribution in [2.75, 3.05) is 6.61 Å². The van der Waals surface area contributed by atoms with Gasteiger partial charge in [0.2, 0.25) is 0 Å². The Hall–Kier alpha value is -1.35. The van der Waals surface area contributed by atoms with Gasteiger partial charge in [0.05, 0.1) is 12.5 Å². The van der Waals surface area contributed by atoms with Crippen molar-refractivity contribution in [3.8, 4) is 0 Å². The zero-order valence-electron chi connectivity index (χ0n) is 10.4. The van der Waals surface area contributed by atoms with E-state index in [9.17, 15) is 4.79 Å². The van der Waals surface area contributed by atoms with Gasteiger partial charge in [-0.2, -0.15) is 0 Å². The molecular weight excluding hydrogens is 216 g/mol. The Bertz CT molecular complexity index is 333. The van der Waals surface area contributed by atoms with Crippen LogP contribution in [0, 0.1) is 11.8 Å². The van der Waals surface area contributed by atoms with Gasteiger partial charge in [0, 0.05) is 6.61 Å². The van der Waals surface area contributed by atoms with Gasteiger partial charge in [-0.05, 0) is 17.9 Å². The van der Waals surface area contributed by atoms with Crippen molar-refractivity contribution in [2.24, 2.45) is 11.8 Å². The fourth-order valence-electron chi connectivity index (χ4n) is 1.72. The predicted octanol–water partition coefficient (Wildman–Crippen LogP) is 2.95. The molecule has 1 unspecified atom stereocenters. The molecule has 1 atom stereocenters. The SMILES string of the molecule is CC(C)C(CCOCc1ccccc1)C(=O)O. The van der Waals surface area contributed by atoms with Crippen molar-refractivity contribution in [2.45, 2.75) is 26.9 Å². The van der Waals surface area contributed by atoms with Crippen molar-refractivity contribution >= 4 is 5.97 Å². The molecule has 1 N–H and O–H groups in total. The van der Waals surface area contributed by atoms with E-state index in [1.165, 1.54) is 0 Å². The van der Waals surface area contributed by atoms with Crippen molar-refractivity contribution in [1.82, 2.24) is 0 Å². The monoisotopic (exact) mass is 236 g/mol. The molecule has 1 aromatic rings. The molecule has 3 heteroatoms. The third-order valence-corrected chi connectivity index (χ3v) is 2.81. The highest BCUT2D eigenvalue weighted by molar-refractivity contribution is 5.70. The summed E-state index contributed by atoms with van der Waals surface area (Å²) in [5.41, 5.74) is 1.11. The molecule has 0 amide bonds. The summed E-state index contributed by atoms with van der Waals surface area (Å²) in [5, 5.41) is 9.00. The maximum absolute atomic E-state index is 10.9. The van der Waals surface area contributed by atoms with Crippen molar-refractivity contribution in [3.63, 3.8) is 0 Å². The van der Waals surface area contributed by atoms with Crippen molar-refractivity contribution in [1.29, 1.82) is 0 Å². The van der Waals surface area contributed by atoms with E-state index >= 15 is 0 Å². The number of aliphatic carboxylic acids is 1. The Labute approximate surface area is 102 Å². The second-order valence-electron chi connectivity index (χ2n) is 4.52.